The Morgan fingerprint density at radius 3 is 2.02 bits per heavy atom. The summed E-state index contributed by atoms with van der Waals surface area (Å²) in [6, 6.07) is 14.6. The van der Waals surface area contributed by atoms with Gasteiger partial charge in [-0.25, -0.2) is 8.42 Å². The standard InChI is InChI=1S/C29H35N3O7S/c1-36-25-14-20-11-13-32(18-21(20)15-26(25)37-2)12-10-19-6-8-22(9-7-19)30-29(33)23-16-27(38-3)28(39-4)17-24(23)31-40(5,34)35/h6-9,14-17,31H,10-13,18H2,1-5H3,(H,30,33). The first kappa shape index (κ1) is 29.0. The zero-order valence-electron chi connectivity index (χ0n) is 23.4. The van der Waals surface area contributed by atoms with Crippen molar-refractivity contribution >= 4 is 27.3 Å². The lowest BCUT2D eigenvalue weighted by Gasteiger charge is -2.29. The van der Waals surface area contributed by atoms with E-state index in [1.807, 2.05) is 24.3 Å². The molecule has 0 spiro atoms. The van der Waals surface area contributed by atoms with Crippen LogP contribution in [-0.2, 0) is 29.4 Å². The molecule has 0 saturated heterocycles. The molecule has 0 atom stereocenters. The van der Waals surface area contributed by atoms with Crippen molar-refractivity contribution in [3.05, 3.63) is 70.8 Å². The Morgan fingerprint density at radius 2 is 1.43 bits per heavy atom. The number of carbonyl (C=O) groups excluding carboxylic acids is 1. The van der Waals surface area contributed by atoms with Crippen LogP contribution in [0.15, 0.2) is 48.5 Å². The third-order valence-corrected chi connectivity index (χ3v) is 7.38. The number of ether oxygens (including phenoxy) is 4. The van der Waals surface area contributed by atoms with Crippen LogP contribution in [0.25, 0.3) is 0 Å². The fraction of sp³-hybridized carbons (Fsp3) is 0.345. The van der Waals surface area contributed by atoms with E-state index in [9.17, 15) is 13.2 Å². The van der Waals surface area contributed by atoms with Crippen LogP contribution in [-0.4, -0.2) is 67.0 Å². The molecule has 3 aromatic carbocycles. The van der Waals surface area contributed by atoms with Gasteiger partial charge in [0.15, 0.2) is 23.0 Å². The molecule has 0 bridgehead atoms. The molecule has 0 saturated carbocycles. The summed E-state index contributed by atoms with van der Waals surface area (Å²) in [5.41, 5.74) is 4.46. The number of nitrogens with zero attached hydrogens (tertiary/aromatic N) is 1. The van der Waals surface area contributed by atoms with Crippen LogP contribution in [0, 0.1) is 0 Å². The van der Waals surface area contributed by atoms with Crippen molar-refractivity contribution in [1.29, 1.82) is 0 Å². The van der Waals surface area contributed by atoms with Gasteiger partial charge < -0.3 is 24.3 Å². The van der Waals surface area contributed by atoms with Crippen molar-refractivity contribution in [2.45, 2.75) is 19.4 Å². The van der Waals surface area contributed by atoms with E-state index in [1.165, 1.54) is 37.5 Å². The third-order valence-electron chi connectivity index (χ3n) is 6.79. The summed E-state index contributed by atoms with van der Waals surface area (Å²) >= 11 is 0. The van der Waals surface area contributed by atoms with Gasteiger partial charge in [0.25, 0.3) is 5.91 Å². The summed E-state index contributed by atoms with van der Waals surface area (Å²) in [5, 5.41) is 2.83. The van der Waals surface area contributed by atoms with Crippen LogP contribution < -0.4 is 29.0 Å². The van der Waals surface area contributed by atoms with Gasteiger partial charge in [-0.05, 0) is 59.9 Å². The van der Waals surface area contributed by atoms with E-state index in [4.69, 9.17) is 18.9 Å². The molecule has 4 rings (SSSR count). The number of fused-ring (bicyclic) bond motifs is 1. The number of anilines is 2. The minimum Gasteiger partial charge on any atom is -0.493 e. The second-order valence-corrected chi connectivity index (χ2v) is 11.3. The maximum absolute atomic E-state index is 13.1. The Bertz CT molecular complexity index is 1470. The Balaban J connectivity index is 1.40. The largest absolute Gasteiger partial charge is 0.493 e. The number of amides is 1. The van der Waals surface area contributed by atoms with Crippen molar-refractivity contribution in [3.63, 3.8) is 0 Å². The zero-order valence-corrected chi connectivity index (χ0v) is 24.2. The van der Waals surface area contributed by atoms with Crippen molar-refractivity contribution < 1.29 is 32.2 Å². The topological polar surface area (TPSA) is 115 Å². The van der Waals surface area contributed by atoms with Crippen LogP contribution in [0.2, 0.25) is 0 Å². The van der Waals surface area contributed by atoms with Crippen LogP contribution in [0.5, 0.6) is 23.0 Å². The van der Waals surface area contributed by atoms with Gasteiger partial charge in [-0.1, -0.05) is 12.1 Å². The molecule has 1 aliphatic rings. The summed E-state index contributed by atoms with van der Waals surface area (Å²) in [7, 11) is 2.54. The van der Waals surface area contributed by atoms with Crippen LogP contribution in [0.3, 0.4) is 0 Å². The lowest BCUT2D eigenvalue weighted by molar-refractivity contribution is 0.102. The van der Waals surface area contributed by atoms with E-state index < -0.39 is 15.9 Å². The zero-order chi connectivity index (χ0) is 28.9. The minimum atomic E-state index is -3.64. The van der Waals surface area contributed by atoms with Gasteiger partial charge in [0.2, 0.25) is 10.0 Å². The summed E-state index contributed by atoms with van der Waals surface area (Å²) in [6.45, 7) is 2.70. The average molecular weight is 570 g/mol. The number of rotatable bonds is 11. The number of methoxy groups -OCH3 is 4. The quantitative estimate of drug-likeness (QED) is 0.357. The molecule has 0 aromatic heterocycles. The number of sulfonamides is 1. The van der Waals surface area contributed by atoms with Gasteiger partial charge in [0, 0.05) is 31.4 Å². The third kappa shape index (κ3) is 6.97. The number of nitrogens with one attached hydrogen (secondary N) is 2. The predicted molar refractivity (Wildman–Crippen MR) is 155 cm³/mol. The Hall–Kier alpha value is -3.96. The van der Waals surface area contributed by atoms with Crippen LogP contribution in [0.4, 0.5) is 11.4 Å². The fourth-order valence-electron chi connectivity index (χ4n) is 4.72. The highest BCUT2D eigenvalue weighted by Crippen LogP contribution is 2.35. The van der Waals surface area contributed by atoms with Gasteiger partial charge in [0.05, 0.1) is 45.9 Å². The monoisotopic (exact) mass is 569 g/mol. The van der Waals surface area contributed by atoms with Crippen molar-refractivity contribution in [1.82, 2.24) is 4.90 Å². The second kappa shape index (κ2) is 12.5. The molecule has 2 N–H and O–H groups in total. The van der Waals surface area contributed by atoms with E-state index >= 15 is 0 Å². The Labute approximate surface area is 235 Å². The Morgan fingerprint density at radius 1 is 0.850 bits per heavy atom. The summed E-state index contributed by atoms with van der Waals surface area (Å²) in [4.78, 5) is 15.5. The Kier molecular flexibility index (Phi) is 9.06. The first-order valence-electron chi connectivity index (χ1n) is 12.7. The highest BCUT2D eigenvalue weighted by molar-refractivity contribution is 7.92. The van der Waals surface area contributed by atoms with E-state index in [0.717, 1.165) is 55.8 Å². The van der Waals surface area contributed by atoms with E-state index in [0.29, 0.717) is 17.2 Å². The number of benzene rings is 3. The molecule has 3 aromatic rings. The number of hydrogen-bond acceptors (Lipinski definition) is 8. The number of carbonyl (C=O) groups is 1. The molecule has 214 valence electrons. The SMILES string of the molecule is COc1cc2c(cc1OC)CN(CCc1ccc(NC(=O)c3cc(OC)c(OC)cc3NS(C)(=O)=O)cc1)CC2. The van der Waals surface area contributed by atoms with Crippen molar-refractivity contribution in [3.8, 4) is 23.0 Å². The van der Waals surface area contributed by atoms with Gasteiger partial charge in [-0.2, -0.15) is 0 Å². The molecular formula is C29H35N3O7S. The first-order valence-corrected chi connectivity index (χ1v) is 14.6. The van der Waals surface area contributed by atoms with E-state index in [-0.39, 0.29) is 11.3 Å². The molecule has 1 amide bonds. The molecule has 0 radical (unpaired) electrons. The summed E-state index contributed by atoms with van der Waals surface area (Å²) in [5.74, 6) is 1.62. The smallest absolute Gasteiger partial charge is 0.257 e. The van der Waals surface area contributed by atoms with Crippen LogP contribution >= 0.6 is 0 Å². The van der Waals surface area contributed by atoms with E-state index in [2.05, 4.69) is 27.1 Å². The highest BCUT2D eigenvalue weighted by Gasteiger charge is 2.21. The number of hydrogen-bond donors (Lipinski definition) is 2. The maximum atomic E-state index is 13.1. The molecule has 1 heterocycles. The first-order chi connectivity index (χ1) is 19.1. The van der Waals surface area contributed by atoms with Gasteiger partial charge in [-0.3, -0.25) is 14.4 Å². The molecule has 0 unspecified atom stereocenters. The predicted octanol–water partition coefficient (Wildman–Crippen LogP) is 3.95. The molecule has 1 aliphatic heterocycles. The lowest BCUT2D eigenvalue weighted by Crippen LogP contribution is -2.32. The highest BCUT2D eigenvalue weighted by atomic mass is 32.2. The molecule has 0 aliphatic carbocycles. The molecule has 0 fully saturated rings. The fourth-order valence-corrected chi connectivity index (χ4v) is 5.29. The minimum absolute atomic E-state index is 0.0911. The second-order valence-electron chi connectivity index (χ2n) is 9.53. The molecule has 10 nitrogen and oxygen atoms in total. The van der Waals surface area contributed by atoms with E-state index in [1.54, 1.807) is 14.2 Å². The lowest BCUT2D eigenvalue weighted by atomic mass is 9.98. The average Bonchev–Trinajstić information content (AvgIpc) is 2.94. The normalized spacial score (nSPS) is 13.2. The van der Waals surface area contributed by atoms with Crippen LogP contribution in [0.1, 0.15) is 27.0 Å². The molecule has 11 heteroatoms. The van der Waals surface area contributed by atoms with Crippen molar-refractivity contribution in [2.75, 3.05) is 57.8 Å². The van der Waals surface area contributed by atoms with Gasteiger partial charge >= 0.3 is 0 Å². The van der Waals surface area contributed by atoms with Crippen molar-refractivity contribution in [2.24, 2.45) is 0 Å². The summed E-state index contributed by atoms with van der Waals surface area (Å²) in [6.07, 6.45) is 2.82. The maximum Gasteiger partial charge on any atom is 0.257 e. The summed E-state index contributed by atoms with van der Waals surface area (Å²) < 4.78 is 47.6. The van der Waals surface area contributed by atoms with Gasteiger partial charge in [-0.15, -0.1) is 0 Å². The molecular weight excluding hydrogens is 534 g/mol. The molecule has 40 heavy (non-hydrogen) atoms. The van der Waals surface area contributed by atoms with Gasteiger partial charge in [0.1, 0.15) is 0 Å².